The van der Waals surface area contributed by atoms with E-state index in [4.69, 9.17) is 9.84 Å². The number of nitrogens with one attached hydrogen (secondary N) is 2. The van der Waals surface area contributed by atoms with Gasteiger partial charge in [-0.25, -0.2) is 13.6 Å². The average Bonchev–Trinajstić information content (AvgIpc) is 2.94. The molecule has 3 aromatic rings. The average molecular weight is 669 g/mol. The van der Waals surface area contributed by atoms with Crippen LogP contribution in [-0.2, 0) is 48.2 Å². The molecule has 0 saturated carbocycles. The van der Waals surface area contributed by atoms with E-state index in [0.717, 1.165) is 19.1 Å². The van der Waals surface area contributed by atoms with Crippen LogP contribution in [0.25, 0.3) is 0 Å². The fraction of sp³-hybridized carbons (Fsp3) is 0.296. The van der Waals surface area contributed by atoms with Crippen molar-refractivity contribution in [2.24, 2.45) is 0 Å². The molecule has 0 radical (unpaired) electrons. The van der Waals surface area contributed by atoms with Crippen molar-refractivity contribution >= 4 is 39.7 Å². The number of benzene rings is 1. The molecule has 3 N–H and O–H groups in total. The van der Waals surface area contributed by atoms with Gasteiger partial charge in [0.25, 0.3) is 11.5 Å². The van der Waals surface area contributed by atoms with Gasteiger partial charge in [0.2, 0.25) is 0 Å². The van der Waals surface area contributed by atoms with Crippen LogP contribution in [0.2, 0.25) is 0 Å². The fourth-order valence-electron chi connectivity index (χ4n) is 3.17. The molecular formula is C27H27BrF2N4O9. The Labute approximate surface area is 251 Å². The molecule has 2 aromatic heterocycles. The summed E-state index contributed by atoms with van der Waals surface area (Å²) < 4.78 is 41.8. The van der Waals surface area contributed by atoms with Gasteiger partial charge in [0.15, 0.2) is 13.2 Å². The first kappa shape index (κ1) is 34.5. The zero-order chi connectivity index (χ0) is 32.1. The number of carbonyl (C=O) groups is 4. The van der Waals surface area contributed by atoms with Gasteiger partial charge >= 0.3 is 17.9 Å². The van der Waals surface area contributed by atoms with E-state index in [1.54, 1.807) is 6.92 Å². The van der Waals surface area contributed by atoms with Gasteiger partial charge in [-0.15, -0.1) is 0 Å². The number of ether oxygens (including phenoxy) is 3. The number of nitrogens with zero attached hydrogens (tertiary/aromatic N) is 2. The molecule has 0 saturated heterocycles. The maximum absolute atomic E-state index is 14.0. The Morgan fingerprint density at radius 1 is 1.02 bits per heavy atom. The van der Waals surface area contributed by atoms with E-state index in [-0.39, 0.29) is 42.0 Å². The molecule has 0 spiro atoms. The predicted molar refractivity (Wildman–Crippen MR) is 148 cm³/mol. The van der Waals surface area contributed by atoms with Crippen LogP contribution < -0.4 is 15.6 Å². The van der Waals surface area contributed by atoms with Crippen LogP contribution in [0.3, 0.4) is 0 Å². The number of hydrogen-bond acceptors (Lipinski definition) is 10. The van der Waals surface area contributed by atoms with Crippen molar-refractivity contribution in [2.75, 3.05) is 13.2 Å². The minimum atomic E-state index is -1.14. The standard InChI is InChI=1S/C23H21BrF2N4O5.C4H6O4/c1-12-18(6-16-7-28-17(8-27-16)9-29-20(32)11-34-13(2)31)22(21(24)23(33)30-12)35-10-14-3-4-15(25)5-19(14)26;1-3(5)8-2-4(6)7/h3-5,7-8H,6,9-11H2,1-2H3,(H,29,32)(H,30,33);2H2,1H3,(H,6,7). The van der Waals surface area contributed by atoms with Gasteiger partial charge in [-0.3, -0.25) is 29.1 Å². The molecule has 1 aromatic carbocycles. The molecule has 0 aliphatic heterocycles. The number of hydrogen-bond donors (Lipinski definition) is 3. The number of pyridine rings is 1. The van der Waals surface area contributed by atoms with Crippen LogP contribution in [0.1, 0.15) is 42.1 Å². The first-order chi connectivity index (χ1) is 20.3. The first-order valence-electron chi connectivity index (χ1n) is 12.3. The summed E-state index contributed by atoms with van der Waals surface area (Å²) in [4.78, 5) is 65.4. The largest absolute Gasteiger partial charge is 0.487 e. The highest BCUT2D eigenvalue weighted by Gasteiger charge is 2.18. The van der Waals surface area contributed by atoms with Gasteiger partial charge in [-0.05, 0) is 35.0 Å². The number of carboxylic acid groups (broad SMARTS) is 1. The molecule has 0 bridgehead atoms. The molecule has 0 atom stereocenters. The van der Waals surface area contributed by atoms with Gasteiger partial charge in [-0.2, -0.15) is 0 Å². The molecule has 0 aliphatic rings. The van der Waals surface area contributed by atoms with Crippen molar-refractivity contribution in [3.05, 3.63) is 85.3 Å². The van der Waals surface area contributed by atoms with Crippen molar-refractivity contribution in [2.45, 2.75) is 40.3 Å². The smallest absolute Gasteiger partial charge is 0.341 e. The van der Waals surface area contributed by atoms with Gasteiger partial charge in [0.1, 0.15) is 28.5 Å². The highest BCUT2D eigenvalue weighted by molar-refractivity contribution is 9.10. The van der Waals surface area contributed by atoms with Crippen LogP contribution in [-0.4, -0.2) is 57.1 Å². The van der Waals surface area contributed by atoms with Crippen LogP contribution in [0, 0.1) is 18.6 Å². The highest BCUT2D eigenvalue weighted by Crippen LogP contribution is 2.30. The number of carbonyl (C=O) groups excluding carboxylic acids is 3. The lowest BCUT2D eigenvalue weighted by Crippen LogP contribution is -2.28. The Morgan fingerprint density at radius 2 is 1.65 bits per heavy atom. The Morgan fingerprint density at radius 3 is 2.21 bits per heavy atom. The Kier molecular flexibility index (Phi) is 13.3. The zero-order valence-electron chi connectivity index (χ0n) is 23.2. The van der Waals surface area contributed by atoms with E-state index in [2.05, 4.69) is 45.7 Å². The highest BCUT2D eigenvalue weighted by atomic mass is 79.9. The molecule has 230 valence electrons. The van der Waals surface area contributed by atoms with Gasteiger partial charge < -0.3 is 29.6 Å². The van der Waals surface area contributed by atoms with Crippen molar-refractivity contribution in [3.8, 4) is 5.75 Å². The third-order valence-corrected chi connectivity index (χ3v) is 5.92. The van der Waals surface area contributed by atoms with E-state index >= 15 is 0 Å². The van der Waals surface area contributed by atoms with Crippen LogP contribution >= 0.6 is 15.9 Å². The molecule has 43 heavy (non-hydrogen) atoms. The zero-order valence-corrected chi connectivity index (χ0v) is 24.7. The second-order valence-corrected chi connectivity index (χ2v) is 9.43. The van der Waals surface area contributed by atoms with E-state index < -0.39 is 47.6 Å². The lowest BCUT2D eigenvalue weighted by Gasteiger charge is -2.15. The van der Waals surface area contributed by atoms with E-state index in [1.165, 1.54) is 25.4 Å². The summed E-state index contributed by atoms with van der Waals surface area (Å²) >= 11 is 3.22. The Hall–Kier alpha value is -4.73. The van der Waals surface area contributed by atoms with E-state index in [9.17, 15) is 32.8 Å². The summed E-state index contributed by atoms with van der Waals surface area (Å²) in [5.41, 5.74) is 1.84. The molecule has 0 aliphatic carbocycles. The number of esters is 2. The quantitative estimate of drug-likeness (QED) is 0.255. The predicted octanol–water partition coefficient (Wildman–Crippen LogP) is 2.50. The Balaban J connectivity index is 0.000000708. The monoisotopic (exact) mass is 668 g/mol. The molecule has 1 amide bonds. The molecule has 0 unspecified atom stereocenters. The van der Waals surface area contributed by atoms with Gasteiger partial charge in [-0.1, -0.05) is 0 Å². The molecule has 0 fully saturated rings. The summed E-state index contributed by atoms with van der Waals surface area (Å²) in [5.74, 6) is -4.00. The maximum Gasteiger partial charge on any atom is 0.341 e. The summed E-state index contributed by atoms with van der Waals surface area (Å²) in [5, 5.41) is 10.4. The SMILES string of the molecule is CC(=O)OCC(=O)NCc1cnc(Cc2c(C)[nH]c(=O)c(Br)c2OCc2ccc(F)cc2F)cn1.CC(=O)OCC(=O)O. The number of carboxylic acids is 1. The minimum Gasteiger partial charge on any atom is -0.487 e. The lowest BCUT2D eigenvalue weighted by molar-refractivity contribution is -0.153. The number of aromatic amines is 1. The number of rotatable bonds is 11. The van der Waals surface area contributed by atoms with Gasteiger partial charge in [0.05, 0.1) is 24.1 Å². The number of amides is 1. The molecular weight excluding hydrogens is 642 g/mol. The number of aryl methyl sites for hydroxylation is 1. The third-order valence-electron chi connectivity index (χ3n) is 5.20. The topological polar surface area (TPSA) is 187 Å². The number of aliphatic carboxylic acids is 1. The van der Waals surface area contributed by atoms with E-state index in [0.29, 0.717) is 22.6 Å². The summed E-state index contributed by atoms with van der Waals surface area (Å²) in [6.45, 7) is 2.99. The maximum atomic E-state index is 14.0. The van der Waals surface area contributed by atoms with Crippen LogP contribution in [0.15, 0.2) is 39.9 Å². The van der Waals surface area contributed by atoms with Crippen LogP contribution in [0.4, 0.5) is 8.78 Å². The van der Waals surface area contributed by atoms with Crippen molar-refractivity contribution in [3.63, 3.8) is 0 Å². The minimum absolute atomic E-state index is 0.0915. The third kappa shape index (κ3) is 12.0. The second kappa shape index (κ2) is 16.6. The normalized spacial score (nSPS) is 10.2. The first-order valence-corrected chi connectivity index (χ1v) is 13.1. The molecule has 3 rings (SSSR count). The summed E-state index contributed by atoms with van der Waals surface area (Å²) in [7, 11) is 0. The molecule has 2 heterocycles. The van der Waals surface area contributed by atoms with E-state index in [1.807, 2.05) is 0 Å². The van der Waals surface area contributed by atoms with Crippen molar-refractivity contribution in [1.29, 1.82) is 0 Å². The van der Waals surface area contributed by atoms with Crippen molar-refractivity contribution in [1.82, 2.24) is 20.3 Å². The second-order valence-electron chi connectivity index (χ2n) is 8.63. The summed E-state index contributed by atoms with van der Waals surface area (Å²) in [6.07, 6.45) is 3.22. The number of aromatic nitrogens is 3. The van der Waals surface area contributed by atoms with Crippen molar-refractivity contribution < 1.29 is 47.3 Å². The van der Waals surface area contributed by atoms with Crippen LogP contribution in [0.5, 0.6) is 5.75 Å². The number of halogens is 3. The molecule has 16 heteroatoms. The fourth-order valence-corrected chi connectivity index (χ4v) is 3.63. The lowest BCUT2D eigenvalue weighted by atomic mass is 10.1. The summed E-state index contributed by atoms with van der Waals surface area (Å²) in [6, 6.07) is 3.15. The Bertz CT molecular complexity index is 1520. The van der Waals surface area contributed by atoms with Gasteiger partial charge in [0, 0.05) is 49.4 Å². The molecule has 13 nitrogen and oxygen atoms in total. The number of H-pyrrole nitrogens is 1.